The van der Waals surface area contributed by atoms with Crippen LogP contribution in [0.4, 0.5) is 0 Å². The largest absolute Gasteiger partial charge is 0.756 e. The van der Waals surface area contributed by atoms with Crippen molar-refractivity contribution in [1.82, 2.24) is 5.32 Å². The van der Waals surface area contributed by atoms with Crippen LogP contribution in [0.15, 0.2) is 36.5 Å². The van der Waals surface area contributed by atoms with Crippen LogP contribution in [-0.2, 0) is 18.4 Å². The van der Waals surface area contributed by atoms with Crippen LogP contribution in [0, 0.1) is 0 Å². The monoisotopic (exact) mass is 825 g/mol. The Hall–Kier alpha value is -1.28. The van der Waals surface area contributed by atoms with Crippen molar-refractivity contribution in [2.45, 2.75) is 225 Å². The predicted molar refractivity (Wildman–Crippen MR) is 242 cm³/mol. The fraction of sp³-hybridized carbons (Fsp3) is 0.854. The van der Waals surface area contributed by atoms with Gasteiger partial charge in [0.05, 0.1) is 39.9 Å². The Morgan fingerprint density at radius 2 is 1.02 bits per heavy atom. The number of unbranched alkanes of at least 4 members (excludes halogenated alkanes) is 26. The molecule has 0 radical (unpaired) electrons. The van der Waals surface area contributed by atoms with Crippen LogP contribution in [0.5, 0.6) is 0 Å². The Balaban J connectivity index is 4.30. The van der Waals surface area contributed by atoms with E-state index in [9.17, 15) is 19.4 Å². The van der Waals surface area contributed by atoms with Crippen LogP contribution in [-0.4, -0.2) is 68.5 Å². The number of phosphoric acid groups is 1. The minimum Gasteiger partial charge on any atom is -0.756 e. The summed E-state index contributed by atoms with van der Waals surface area (Å²) >= 11 is 0. The molecule has 1 amide bonds. The maximum Gasteiger partial charge on any atom is 0.268 e. The SMILES string of the molecule is CCCCCCCCCCC/C=C\C/C=C\CCCCCCCCCC(=O)NC(COP(=O)([O-])OCC[N+](C)(C)C)C(O)/C=C/CCCCCCCCCCCC. The van der Waals surface area contributed by atoms with Crippen LogP contribution < -0.4 is 10.2 Å². The smallest absolute Gasteiger partial charge is 0.268 e. The molecule has 0 rings (SSSR count). The molecule has 0 saturated heterocycles. The van der Waals surface area contributed by atoms with Crippen molar-refractivity contribution < 1.29 is 32.9 Å². The number of rotatable bonds is 43. The molecule has 0 aliphatic carbocycles. The molecule has 8 nitrogen and oxygen atoms in total. The van der Waals surface area contributed by atoms with Gasteiger partial charge in [-0.05, 0) is 51.4 Å². The number of likely N-dealkylation sites (N-methyl/N-ethyl adjacent to an activating group) is 1. The molecule has 0 aromatic carbocycles. The summed E-state index contributed by atoms with van der Waals surface area (Å²) in [7, 11) is 1.25. The van der Waals surface area contributed by atoms with Gasteiger partial charge < -0.3 is 28.8 Å². The van der Waals surface area contributed by atoms with Crippen molar-refractivity contribution >= 4 is 13.7 Å². The number of quaternary nitrogens is 1. The van der Waals surface area contributed by atoms with E-state index in [0.717, 1.165) is 51.4 Å². The number of aliphatic hydroxyl groups excluding tert-OH is 1. The molecule has 0 saturated carbocycles. The third-order valence-electron chi connectivity index (χ3n) is 10.6. The van der Waals surface area contributed by atoms with Crippen molar-refractivity contribution in [1.29, 1.82) is 0 Å². The molecular formula is C48H93N2O6P. The highest BCUT2D eigenvalue weighted by molar-refractivity contribution is 7.45. The van der Waals surface area contributed by atoms with Gasteiger partial charge in [0.1, 0.15) is 13.2 Å². The van der Waals surface area contributed by atoms with Gasteiger partial charge in [0.25, 0.3) is 7.82 Å². The van der Waals surface area contributed by atoms with E-state index in [2.05, 4.69) is 43.5 Å². The number of carbonyl (C=O) groups is 1. The number of hydrogen-bond acceptors (Lipinski definition) is 6. The minimum absolute atomic E-state index is 0.00296. The first-order valence-electron chi connectivity index (χ1n) is 23.9. The summed E-state index contributed by atoms with van der Waals surface area (Å²) in [5, 5.41) is 13.8. The number of hydrogen-bond donors (Lipinski definition) is 2. The molecular weight excluding hydrogens is 732 g/mol. The van der Waals surface area contributed by atoms with E-state index >= 15 is 0 Å². The molecule has 0 heterocycles. The molecule has 0 aromatic rings. The molecule has 3 atom stereocenters. The number of carbonyl (C=O) groups excluding carboxylic acids is 1. The van der Waals surface area contributed by atoms with Crippen LogP contribution in [0.1, 0.15) is 213 Å². The number of nitrogens with zero attached hydrogens (tertiary/aromatic N) is 1. The van der Waals surface area contributed by atoms with Crippen molar-refractivity contribution in [2.24, 2.45) is 0 Å². The Labute approximate surface area is 353 Å². The summed E-state index contributed by atoms with van der Waals surface area (Å²) in [6, 6.07) is -0.889. The molecule has 2 N–H and O–H groups in total. The highest BCUT2D eigenvalue weighted by Gasteiger charge is 2.23. The summed E-state index contributed by atoms with van der Waals surface area (Å²) in [4.78, 5) is 25.3. The number of nitrogens with one attached hydrogen (secondary N) is 1. The van der Waals surface area contributed by atoms with Gasteiger partial charge in [0.15, 0.2) is 0 Å². The average molecular weight is 825 g/mol. The second-order valence-corrected chi connectivity index (χ2v) is 18.9. The molecule has 0 bridgehead atoms. The van der Waals surface area contributed by atoms with Gasteiger partial charge in [0, 0.05) is 6.42 Å². The summed E-state index contributed by atoms with van der Waals surface area (Å²) in [6.07, 6.45) is 49.1. The van der Waals surface area contributed by atoms with E-state index in [1.165, 1.54) is 141 Å². The number of aliphatic hydroxyl groups is 1. The second kappa shape index (κ2) is 40.1. The fourth-order valence-corrected chi connectivity index (χ4v) is 7.49. The van der Waals surface area contributed by atoms with Gasteiger partial charge in [-0.2, -0.15) is 0 Å². The van der Waals surface area contributed by atoms with E-state index in [-0.39, 0.29) is 19.1 Å². The first-order valence-corrected chi connectivity index (χ1v) is 25.3. The van der Waals surface area contributed by atoms with Crippen LogP contribution in [0.2, 0.25) is 0 Å². The first-order chi connectivity index (χ1) is 27.5. The second-order valence-electron chi connectivity index (χ2n) is 17.5. The topological polar surface area (TPSA) is 108 Å². The third-order valence-corrected chi connectivity index (χ3v) is 11.6. The summed E-state index contributed by atoms with van der Waals surface area (Å²) in [6.45, 7) is 4.63. The Kier molecular flexibility index (Phi) is 39.2. The summed E-state index contributed by atoms with van der Waals surface area (Å²) < 4.78 is 23.2. The molecule has 0 spiro atoms. The zero-order valence-corrected chi connectivity index (χ0v) is 38.9. The maximum absolute atomic E-state index is 12.9. The number of allylic oxidation sites excluding steroid dienone is 5. The molecule has 0 aromatic heterocycles. The molecule has 0 fully saturated rings. The maximum atomic E-state index is 12.9. The van der Waals surface area contributed by atoms with Gasteiger partial charge >= 0.3 is 0 Å². The van der Waals surface area contributed by atoms with Gasteiger partial charge in [0.2, 0.25) is 5.91 Å². The van der Waals surface area contributed by atoms with Crippen molar-refractivity contribution in [3.05, 3.63) is 36.5 Å². The molecule has 9 heteroatoms. The van der Waals surface area contributed by atoms with E-state index < -0.39 is 20.0 Å². The number of amides is 1. The van der Waals surface area contributed by atoms with Gasteiger partial charge in [-0.1, -0.05) is 192 Å². The van der Waals surface area contributed by atoms with Crippen molar-refractivity contribution in [2.75, 3.05) is 40.9 Å². The molecule has 57 heavy (non-hydrogen) atoms. The molecule has 336 valence electrons. The van der Waals surface area contributed by atoms with Gasteiger partial charge in [-0.15, -0.1) is 0 Å². The molecule has 0 aliphatic heterocycles. The lowest BCUT2D eigenvalue weighted by Gasteiger charge is -2.29. The Morgan fingerprint density at radius 3 is 1.46 bits per heavy atom. The Bertz CT molecular complexity index is 1030. The summed E-state index contributed by atoms with van der Waals surface area (Å²) in [5.41, 5.74) is 0. The van der Waals surface area contributed by atoms with Crippen LogP contribution in [0.3, 0.4) is 0 Å². The fourth-order valence-electron chi connectivity index (χ4n) is 6.77. The lowest BCUT2D eigenvalue weighted by Crippen LogP contribution is -2.45. The van der Waals surface area contributed by atoms with Gasteiger partial charge in [-0.25, -0.2) is 0 Å². The van der Waals surface area contributed by atoms with Gasteiger partial charge in [-0.3, -0.25) is 9.36 Å². The highest BCUT2D eigenvalue weighted by atomic mass is 31.2. The van der Waals surface area contributed by atoms with E-state index in [4.69, 9.17) is 9.05 Å². The number of phosphoric ester groups is 1. The zero-order valence-electron chi connectivity index (χ0n) is 38.0. The third kappa shape index (κ3) is 42.6. The minimum atomic E-state index is -4.59. The Morgan fingerprint density at radius 1 is 0.614 bits per heavy atom. The van der Waals surface area contributed by atoms with E-state index in [1.54, 1.807) is 6.08 Å². The molecule has 0 aliphatic rings. The van der Waals surface area contributed by atoms with Crippen molar-refractivity contribution in [3.63, 3.8) is 0 Å². The van der Waals surface area contributed by atoms with E-state index in [0.29, 0.717) is 17.4 Å². The normalized spacial score (nSPS) is 14.6. The van der Waals surface area contributed by atoms with Crippen LogP contribution >= 0.6 is 7.82 Å². The zero-order chi connectivity index (χ0) is 42.1. The predicted octanol–water partition coefficient (Wildman–Crippen LogP) is 12.8. The highest BCUT2D eigenvalue weighted by Crippen LogP contribution is 2.38. The average Bonchev–Trinajstić information content (AvgIpc) is 3.16. The van der Waals surface area contributed by atoms with E-state index in [1.807, 2.05) is 27.2 Å². The molecule has 3 unspecified atom stereocenters. The van der Waals surface area contributed by atoms with Crippen LogP contribution in [0.25, 0.3) is 0 Å². The lowest BCUT2D eigenvalue weighted by atomic mass is 10.1. The lowest BCUT2D eigenvalue weighted by molar-refractivity contribution is -0.870. The quantitative estimate of drug-likeness (QED) is 0.0274. The standard InChI is InChI=1S/C48H93N2O6P/c1-6-8-10-12-14-16-18-20-21-22-23-24-25-26-27-28-29-30-32-34-36-38-40-42-48(52)49-46(45-56-57(53,54)55-44-43-50(3,4)5)47(51)41-39-37-35-33-31-19-17-15-13-11-9-7-2/h23-24,26-27,39,41,46-47,51H,6-22,25,28-38,40,42-45H2,1-5H3,(H-,49,52,53,54)/b24-23-,27-26-,41-39+. The summed E-state index contributed by atoms with van der Waals surface area (Å²) in [5.74, 6) is -0.206. The van der Waals surface area contributed by atoms with Crippen molar-refractivity contribution in [3.8, 4) is 0 Å². The first kappa shape index (κ1) is 55.7.